The molecule has 0 aromatic heterocycles. The molecule has 0 aliphatic heterocycles. The number of nitrogens with one attached hydrogen (secondary N) is 1. The van der Waals surface area contributed by atoms with Crippen molar-refractivity contribution in [2.24, 2.45) is 5.92 Å². The highest BCUT2D eigenvalue weighted by atomic mass is 35.5. The summed E-state index contributed by atoms with van der Waals surface area (Å²) in [5.41, 5.74) is 0.979. The maximum absolute atomic E-state index is 13.0. The van der Waals surface area contributed by atoms with Crippen LogP contribution in [0.1, 0.15) is 51.1 Å². The number of hydrogen-bond donors (Lipinski definition) is 1. The molecule has 1 aliphatic rings. The molecule has 0 heterocycles. The summed E-state index contributed by atoms with van der Waals surface area (Å²) in [6, 6.07) is 5.34. The summed E-state index contributed by atoms with van der Waals surface area (Å²) in [6.45, 7) is 4.30. The Labute approximate surface area is 114 Å². The molecule has 1 aliphatic carbocycles. The summed E-state index contributed by atoms with van der Waals surface area (Å²) < 4.78 is 13.0. The van der Waals surface area contributed by atoms with Crippen molar-refractivity contribution >= 4 is 11.6 Å². The van der Waals surface area contributed by atoms with Crippen LogP contribution in [0.15, 0.2) is 18.2 Å². The minimum Gasteiger partial charge on any atom is -0.307 e. The second-order valence-corrected chi connectivity index (χ2v) is 5.75. The zero-order chi connectivity index (χ0) is 13.1. The molecule has 1 nitrogen and oxygen atoms in total. The summed E-state index contributed by atoms with van der Waals surface area (Å²) in [7, 11) is 0. The zero-order valence-electron chi connectivity index (χ0n) is 11.0. The van der Waals surface area contributed by atoms with Crippen LogP contribution in [0.25, 0.3) is 0 Å². The van der Waals surface area contributed by atoms with E-state index in [0.29, 0.717) is 11.1 Å². The third kappa shape index (κ3) is 3.69. The molecule has 1 fully saturated rings. The highest BCUT2D eigenvalue weighted by Gasteiger charge is 2.25. The zero-order valence-corrected chi connectivity index (χ0v) is 11.8. The fourth-order valence-corrected chi connectivity index (χ4v) is 2.74. The molecule has 2 atom stereocenters. The quantitative estimate of drug-likeness (QED) is 0.789. The average Bonchev–Trinajstić information content (AvgIpc) is 3.11. The molecule has 1 saturated carbocycles. The van der Waals surface area contributed by atoms with Crippen molar-refractivity contribution in [2.45, 2.75) is 51.6 Å². The van der Waals surface area contributed by atoms with Crippen molar-refractivity contribution < 1.29 is 4.39 Å². The van der Waals surface area contributed by atoms with E-state index in [1.165, 1.54) is 31.4 Å². The highest BCUT2D eigenvalue weighted by Crippen LogP contribution is 2.34. The van der Waals surface area contributed by atoms with Crippen molar-refractivity contribution in [3.05, 3.63) is 34.6 Å². The van der Waals surface area contributed by atoms with E-state index in [9.17, 15) is 4.39 Å². The van der Waals surface area contributed by atoms with Crippen molar-refractivity contribution in [2.75, 3.05) is 0 Å². The van der Waals surface area contributed by atoms with Gasteiger partial charge in [0.15, 0.2) is 0 Å². The van der Waals surface area contributed by atoms with Crippen molar-refractivity contribution in [3.8, 4) is 0 Å². The molecule has 0 bridgehead atoms. The molecule has 1 aromatic carbocycles. The normalized spacial score (nSPS) is 18.7. The number of hydrogen-bond acceptors (Lipinski definition) is 1. The third-order valence-electron chi connectivity index (χ3n) is 3.72. The van der Waals surface area contributed by atoms with Crippen LogP contribution in [0.5, 0.6) is 0 Å². The molecular weight excluding hydrogens is 249 g/mol. The lowest BCUT2D eigenvalue weighted by Gasteiger charge is -2.23. The van der Waals surface area contributed by atoms with Gasteiger partial charge in [0.25, 0.3) is 0 Å². The van der Waals surface area contributed by atoms with Gasteiger partial charge in [-0.25, -0.2) is 4.39 Å². The molecule has 2 unspecified atom stereocenters. The molecule has 18 heavy (non-hydrogen) atoms. The minimum absolute atomic E-state index is 0.168. The lowest BCUT2D eigenvalue weighted by molar-refractivity contribution is 0.404. The van der Waals surface area contributed by atoms with E-state index in [0.717, 1.165) is 17.9 Å². The standard InChI is InChI=1S/C15H21ClFN/c1-3-13(8-11-4-5-11)18-10(2)14-7-6-12(17)9-15(14)16/h6-7,9-11,13,18H,3-5,8H2,1-2H3. The summed E-state index contributed by atoms with van der Waals surface area (Å²) in [6.07, 6.45) is 5.13. The Morgan fingerprint density at radius 2 is 2.17 bits per heavy atom. The van der Waals surface area contributed by atoms with Gasteiger partial charge >= 0.3 is 0 Å². The lowest BCUT2D eigenvalue weighted by Crippen LogP contribution is -2.31. The summed E-state index contributed by atoms with van der Waals surface area (Å²) in [4.78, 5) is 0. The van der Waals surface area contributed by atoms with Crippen LogP contribution in [-0.4, -0.2) is 6.04 Å². The van der Waals surface area contributed by atoms with Crippen LogP contribution >= 0.6 is 11.6 Å². The summed E-state index contributed by atoms with van der Waals surface area (Å²) >= 11 is 6.09. The van der Waals surface area contributed by atoms with Gasteiger partial charge in [0.05, 0.1) is 0 Å². The molecule has 0 saturated heterocycles. The predicted molar refractivity (Wildman–Crippen MR) is 74.4 cm³/mol. The van der Waals surface area contributed by atoms with E-state index < -0.39 is 0 Å². The van der Waals surface area contributed by atoms with Crippen molar-refractivity contribution in [3.63, 3.8) is 0 Å². The van der Waals surface area contributed by atoms with E-state index in [2.05, 4.69) is 19.2 Å². The largest absolute Gasteiger partial charge is 0.307 e. The molecular formula is C15H21ClFN. The monoisotopic (exact) mass is 269 g/mol. The lowest BCUT2D eigenvalue weighted by atomic mass is 10.0. The van der Waals surface area contributed by atoms with Crippen molar-refractivity contribution in [1.82, 2.24) is 5.32 Å². The first-order chi connectivity index (χ1) is 8.60. The Bertz CT molecular complexity index is 403. The molecule has 0 spiro atoms. The highest BCUT2D eigenvalue weighted by molar-refractivity contribution is 6.31. The van der Waals surface area contributed by atoms with E-state index >= 15 is 0 Å². The average molecular weight is 270 g/mol. The van der Waals surface area contributed by atoms with Crippen LogP contribution in [0.4, 0.5) is 4.39 Å². The Morgan fingerprint density at radius 1 is 1.44 bits per heavy atom. The first-order valence-electron chi connectivity index (χ1n) is 6.81. The topological polar surface area (TPSA) is 12.0 Å². The second-order valence-electron chi connectivity index (χ2n) is 5.34. The molecule has 1 aromatic rings. The van der Waals surface area contributed by atoms with Crippen LogP contribution < -0.4 is 5.32 Å². The van der Waals surface area contributed by atoms with E-state index in [4.69, 9.17) is 11.6 Å². The first kappa shape index (κ1) is 13.8. The number of halogens is 2. The maximum Gasteiger partial charge on any atom is 0.124 e. The fourth-order valence-electron chi connectivity index (χ4n) is 2.40. The van der Waals surface area contributed by atoms with Gasteiger partial charge in [-0.1, -0.05) is 37.4 Å². The Morgan fingerprint density at radius 3 is 2.72 bits per heavy atom. The number of rotatable bonds is 6. The van der Waals surface area contributed by atoms with Gasteiger partial charge in [-0.2, -0.15) is 0 Å². The smallest absolute Gasteiger partial charge is 0.124 e. The van der Waals surface area contributed by atoms with Gasteiger partial charge < -0.3 is 5.32 Å². The van der Waals surface area contributed by atoms with Gasteiger partial charge in [0.2, 0.25) is 0 Å². The van der Waals surface area contributed by atoms with Gasteiger partial charge in [0.1, 0.15) is 5.82 Å². The molecule has 100 valence electrons. The maximum atomic E-state index is 13.0. The third-order valence-corrected chi connectivity index (χ3v) is 4.05. The van der Waals surface area contributed by atoms with Crippen LogP contribution in [0, 0.1) is 11.7 Å². The fraction of sp³-hybridized carbons (Fsp3) is 0.600. The number of benzene rings is 1. The van der Waals surface area contributed by atoms with E-state index in [1.54, 1.807) is 6.07 Å². The van der Waals surface area contributed by atoms with Crippen molar-refractivity contribution in [1.29, 1.82) is 0 Å². The summed E-state index contributed by atoms with van der Waals surface area (Å²) in [5, 5.41) is 4.12. The minimum atomic E-state index is -0.277. The van der Waals surface area contributed by atoms with E-state index in [-0.39, 0.29) is 11.9 Å². The van der Waals surface area contributed by atoms with Gasteiger partial charge in [0, 0.05) is 17.1 Å². The second kappa shape index (κ2) is 6.03. The van der Waals surface area contributed by atoms with Crippen LogP contribution in [0.3, 0.4) is 0 Å². The van der Waals surface area contributed by atoms with Gasteiger partial charge in [-0.15, -0.1) is 0 Å². The molecule has 0 amide bonds. The SMILES string of the molecule is CCC(CC1CC1)NC(C)c1ccc(F)cc1Cl. The van der Waals surface area contributed by atoms with Crippen LogP contribution in [-0.2, 0) is 0 Å². The van der Waals surface area contributed by atoms with E-state index in [1.807, 2.05) is 0 Å². The Balaban J connectivity index is 1.98. The summed E-state index contributed by atoms with van der Waals surface area (Å²) in [5.74, 6) is 0.638. The molecule has 3 heteroatoms. The molecule has 1 N–H and O–H groups in total. The Hall–Kier alpha value is -0.600. The van der Waals surface area contributed by atoms with Gasteiger partial charge in [-0.3, -0.25) is 0 Å². The molecule has 2 rings (SSSR count). The Kier molecular flexibility index (Phi) is 4.63. The predicted octanol–water partition coefficient (Wildman–Crippen LogP) is 4.71. The molecule has 0 radical (unpaired) electrons. The van der Waals surface area contributed by atoms with Crippen LogP contribution in [0.2, 0.25) is 5.02 Å². The van der Waals surface area contributed by atoms with Gasteiger partial charge in [-0.05, 0) is 43.4 Å². The first-order valence-corrected chi connectivity index (χ1v) is 7.19.